The predicted molar refractivity (Wildman–Crippen MR) is 166 cm³/mol. The monoisotopic (exact) mass is 596 g/mol. The molecule has 41 heavy (non-hydrogen) atoms. The number of carboxylic acid groups (broad SMARTS) is 5. The molecular formula is C31H64O10. The molecule has 0 fully saturated rings. The molecule has 0 aromatic carbocycles. The van der Waals surface area contributed by atoms with E-state index < -0.39 is 29.8 Å². The lowest BCUT2D eigenvalue weighted by atomic mass is 10.2. The van der Waals surface area contributed by atoms with Crippen LogP contribution in [0.2, 0.25) is 0 Å². The molecule has 0 aromatic rings. The van der Waals surface area contributed by atoms with Crippen molar-refractivity contribution in [1.29, 1.82) is 0 Å². The molecule has 0 radical (unpaired) electrons. The van der Waals surface area contributed by atoms with Crippen molar-refractivity contribution in [2.45, 2.75) is 170 Å². The van der Waals surface area contributed by atoms with Crippen LogP contribution in [0.15, 0.2) is 0 Å². The van der Waals surface area contributed by atoms with Crippen molar-refractivity contribution in [3.8, 4) is 0 Å². The van der Waals surface area contributed by atoms with Crippen LogP contribution in [0, 0.1) is 0 Å². The zero-order chi connectivity index (χ0) is 32.0. The average Bonchev–Trinajstić information content (AvgIpc) is 2.86. The number of hydrogen-bond acceptors (Lipinski definition) is 5. The molecule has 0 atom stereocenters. The molecule has 0 unspecified atom stereocenters. The van der Waals surface area contributed by atoms with Gasteiger partial charge in [-0.15, -0.1) is 0 Å². The van der Waals surface area contributed by atoms with Crippen LogP contribution in [0.5, 0.6) is 0 Å². The number of carbonyl (C=O) groups is 5. The third kappa shape index (κ3) is 93.4. The number of rotatable bonds is 20. The Balaban J connectivity index is -0.0000000928. The van der Waals surface area contributed by atoms with Gasteiger partial charge in [-0.25, -0.2) is 0 Å². The van der Waals surface area contributed by atoms with E-state index in [4.69, 9.17) is 25.5 Å². The molecule has 0 saturated heterocycles. The molecule has 0 aliphatic heterocycles. The van der Waals surface area contributed by atoms with Crippen molar-refractivity contribution in [2.24, 2.45) is 0 Å². The SMILES string of the molecule is C.CCCCCC(=O)O.CCCCCC(=O)O.CCCCCC(=O)O.CCCCCC(=O)O.CCCCCC(=O)O. The molecule has 0 spiro atoms. The molecule has 10 heteroatoms. The molecule has 0 rings (SSSR count). The zero-order valence-electron chi connectivity index (χ0n) is 25.9. The largest absolute Gasteiger partial charge is 0.481 e. The Morgan fingerprint density at radius 1 is 0.317 bits per heavy atom. The van der Waals surface area contributed by atoms with Crippen LogP contribution in [0.25, 0.3) is 0 Å². The molecule has 0 amide bonds. The zero-order valence-corrected chi connectivity index (χ0v) is 25.9. The third-order valence-electron chi connectivity index (χ3n) is 4.97. The Hall–Kier alpha value is -2.65. The standard InChI is InChI=1S/5C6H12O2.CH4/c5*1-2-3-4-5-6(7)8;/h5*2-5H2,1H3,(H,7,8);1H4. The summed E-state index contributed by atoms with van der Waals surface area (Å²) in [6, 6.07) is 0. The van der Waals surface area contributed by atoms with Gasteiger partial charge in [0.05, 0.1) is 0 Å². The van der Waals surface area contributed by atoms with E-state index in [2.05, 4.69) is 34.6 Å². The van der Waals surface area contributed by atoms with Crippen LogP contribution >= 0.6 is 0 Å². The molecule has 248 valence electrons. The summed E-state index contributed by atoms with van der Waals surface area (Å²) in [4.78, 5) is 49.4. The van der Waals surface area contributed by atoms with Crippen LogP contribution in [-0.2, 0) is 24.0 Å². The topological polar surface area (TPSA) is 186 Å². The number of carboxylic acids is 5. The highest BCUT2D eigenvalue weighted by molar-refractivity contribution is 5.67. The lowest BCUT2D eigenvalue weighted by Crippen LogP contribution is -1.92. The van der Waals surface area contributed by atoms with Crippen molar-refractivity contribution in [3.63, 3.8) is 0 Å². The van der Waals surface area contributed by atoms with Crippen molar-refractivity contribution in [2.75, 3.05) is 0 Å². The highest BCUT2D eigenvalue weighted by atomic mass is 16.4. The molecule has 0 heterocycles. The fraction of sp³-hybridized carbons (Fsp3) is 0.839. The quantitative estimate of drug-likeness (QED) is 0.0849. The molecule has 0 bridgehead atoms. The Kier molecular flexibility index (Phi) is 58.8. The van der Waals surface area contributed by atoms with E-state index in [-0.39, 0.29) is 7.43 Å². The molecule has 0 aliphatic rings. The Morgan fingerprint density at radius 3 is 0.512 bits per heavy atom. The van der Waals surface area contributed by atoms with Gasteiger partial charge in [0, 0.05) is 32.1 Å². The van der Waals surface area contributed by atoms with Gasteiger partial charge in [-0.2, -0.15) is 0 Å². The van der Waals surface area contributed by atoms with Crippen LogP contribution in [-0.4, -0.2) is 55.4 Å². The lowest BCUT2D eigenvalue weighted by molar-refractivity contribution is -0.138. The maximum atomic E-state index is 9.87. The van der Waals surface area contributed by atoms with E-state index >= 15 is 0 Å². The van der Waals surface area contributed by atoms with Gasteiger partial charge in [0.15, 0.2) is 0 Å². The Labute approximate surface area is 249 Å². The first-order valence-corrected chi connectivity index (χ1v) is 14.9. The van der Waals surface area contributed by atoms with E-state index in [1.54, 1.807) is 0 Å². The van der Waals surface area contributed by atoms with Crippen LogP contribution < -0.4 is 0 Å². The van der Waals surface area contributed by atoms with Gasteiger partial charge in [0.1, 0.15) is 0 Å². The average molecular weight is 597 g/mol. The van der Waals surface area contributed by atoms with E-state index in [1.807, 2.05) is 0 Å². The fourth-order valence-corrected chi connectivity index (χ4v) is 2.63. The van der Waals surface area contributed by atoms with Gasteiger partial charge in [-0.3, -0.25) is 24.0 Å². The van der Waals surface area contributed by atoms with Crippen molar-refractivity contribution < 1.29 is 49.5 Å². The first-order chi connectivity index (χ1) is 18.9. The van der Waals surface area contributed by atoms with Gasteiger partial charge >= 0.3 is 29.8 Å². The lowest BCUT2D eigenvalue weighted by Gasteiger charge is -1.89. The molecule has 10 nitrogen and oxygen atoms in total. The van der Waals surface area contributed by atoms with Gasteiger partial charge in [-0.05, 0) is 32.1 Å². The minimum absolute atomic E-state index is 0. The summed E-state index contributed by atoms with van der Waals surface area (Å²) >= 11 is 0. The maximum absolute atomic E-state index is 9.87. The van der Waals surface area contributed by atoms with E-state index in [1.165, 1.54) is 0 Å². The highest BCUT2D eigenvalue weighted by Crippen LogP contribution is 1.99. The van der Waals surface area contributed by atoms with E-state index in [9.17, 15) is 24.0 Å². The summed E-state index contributed by atoms with van der Waals surface area (Å²) in [6.07, 6.45) is 16.4. The van der Waals surface area contributed by atoms with Crippen molar-refractivity contribution >= 4 is 29.8 Å². The third-order valence-corrected chi connectivity index (χ3v) is 4.97. The predicted octanol–water partition coefficient (Wildman–Crippen LogP) is 8.89. The number of unbranched alkanes of at least 4 members (excludes halogenated alkanes) is 10. The first kappa shape index (κ1) is 51.1. The summed E-state index contributed by atoms with van der Waals surface area (Å²) < 4.78 is 0. The summed E-state index contributed by atoms with van der Waals surface area (Å²) in [7, 11) is 0. The van der Waals surface area contributed by atoms with Crippen molar-refractivity contribution in [3.05, 3.63) is 0 Å². The van der Waals surface area contributed by atoms with Crippen LogP contribution in [0.3, 0.4) is 0 Å². The molecule has 5 N–H and O–H groups in total. The highest BCUT2D eigenvalue weighted by Gasteiger charge is 1.95. The Morgan fingerprint density at radius 2 is 0.439 bits per heavy atom. The van der Waals surface area contributed by atoms with Gasteiger partial charge < -0.3 is 25.5 Å². The molecule has 0 aromatic heterocycles. The molecule has 0 saturated carbocycles. The maximum Gasteiger partial charge on any atom is 0.303 e. The van der Waals surface area contributed by atoms with Crippen LogP contribution in [0.1, 0.15) is 170 Å². The second-order valence-electron chi connectivity index (χ2n) is 9.25. The van der Waals surface area contributed by atoms with Gasteiger partial charge in [-0.1, -0.05) is 106 Å². The Bertz CT molecular complexity index is 461. The first-order valence-electron chi connectivity index (χ1n) is 14.9. The van der Waals surface area contributed by atoms with E-state index in [0.717, 1.165) is 96.3 Å². The second-order valence-corrected chi connectivity index (χ2v) is 9.25. The number of hydrogen-bond donors (Lipinski definition) is 5. The second kappa shape index (κ2) is 47.2. The normalized spacial score (nSPS) is 8.90. The summed E-state index contributed by atoms with van der Waals surface area (Å²) in [5, 5.41) is 40.7. The van der Waals surface area contributed by atoms with Crippen LogP contribution in [0.4, 0.5) is 0 Å². The molecule has 0 aliphatic carbocycles. The summed E-state index contributed by atoms with van der Waals surface area (Å²) in [5.41, 5.74) is 0. The minimum atomic E-state index is -0.682. The smallest absolute Gasteiger partial charge is 0.303 e. The summed E-state index contributed by atoms with van der Waals surface area (Å²) in [5.74, 6) is -3.41. The summed E-state index contributed by atoms with van der Waals surface area (Å²) in [6.45, 7) is 10.3. The van der Waals surface area contributed by atoms with Crippen molar-refractivity contribution in [1.82, 2.24) is 0 Å². The number of aliphatic carboxylic acids is 5. The van der Waals surface area contributed by atoms with Gasteiger partial charge in [0.2, 0.25) is 0 Å². The minimum Gasteiger partial charge on any atom is -0.481 e. The van der Waals surface area contributed by atoms with Gasteiger partial charge in [0.25, 0.3) is 0 Å². The molecular weight excluding hydrogens is 532 g/mol. The van der Waals surface area contributed by atoms with E-state index in [0.29, 0.717) is 32.1 Å². The fourth-order valence-electron chi connectivity index (χ4n) is 2.63.